The van der Waals surface area contributed by atoms with E-state index in [0.717, 1.165) is 41.3 Å². The number of hydrogen-bond donors (Lipinski definition) is 2. The molecule has 1 heterocycles. The Bertz CT molecular complexity index is 855. The molecule has 0 fully saturated rings. The lowest BCUT2D eigenvalue weighted by Crippen LogP contribution is -2.37. The minimum Gasteiger partial charge on any atom is -0.480 e. The van der Waals surface area contributed by atoms with Gasteiger partial charge in [-0.3, -0.25) is 4.79 Å². The number of aliphatic hydroxyl groups excluding tert-OH is 1. The van der Waals surface area contributed by atoms with Crippen LogP contribution in [0.25, 0.3) is 11.0 Å². The molecule has 2 aromatic rings. The van der Waals surface area contributed by atoms with Gasteiger partial charge in [-0.1, -0.05) is 0 Å². The van der Waals surface area contributed by atoms with E-state index in [-0.39, 0.29) is 18.1 Å². The van der Waals surface area contributed by atoms with Crippen LogP contribution in [0.5, 0.6) is 5.75 Å². The summed E-state index contributed by atoms with van der Waals surface area (Å²) in [5, 5.41) is 12.4. The lowest BCUT2D eigenvalue weighted by Gasteiger charge is -2.17. The molecule has 25 heavy (non-hydrogen) atoms. The first-order valence-corrected chi connectivity index (χ1v) is 8.66. The van der Waals surface area contributed by atoms with Crippen LogP contribution in [0.1, 0.15) is 36.5 Å². The average molecular weight is 345 g/mol. The Morgan fingerprint density at radius 3 is 2.88 bits per heavy atom. The van der Waals surface area contributed by atoms with Gasteiger partial charge in [0.05, 0.1) is 0 Å². The Morgan fingerprint density at radius 2 is 2.12 bits per heavy atom. The maximum absolute atomic E-state index is 12.2. The number of aliphatic hydroxyl groups is 1. The second-order valence-corrected chi connectivity index (χ2v) is 6.39. The normalized spacial score (nSPS) is 14.4. The van der Waals surface area contributed by atoms with E-state index < -0.39 is 6.10 Å². The molecule has 0 radical (unpaired) electrons. The molecule has 6 heteroatoms. The standard InChI is InChI=1S/C19H23NO5/c1-11-16(24-12(2)18(22)20-9-4-10-21)8-7-14-13-5-3-6-15(13)19(23)25-17(11)14/h7-8,12,21H,3-6,9-10H2,1-2H3,(H,20,22). The van der Waals surface area contributed by atoms with Gasteiger partial charge < -0.3 is 19.6 Å². The van der Waals surface area contributed by atoms with Crippen molar-refractivity contribution < 1.29 is 19.1 Å². The number of aryl methyl sites for hydroxylation is 2. The van der Waals surface area contributed by atoms with Gasteiger partial charge in [-0.2, -0.15) is 0 Å². The van der Waals surface area contributed by atoms with E-state index in [9.17, 15) is 9.59 Å². The van der Waals surface area contributed by atoms with E-state index in [0.29, 0.717) is 24.3 Å². The Labute approximate surface area is 145 Å². The van der Waals surface area contributed by atoms with Gasteiger partial charge in [0.1, 0.15) is 11.3 Å². The van der Waals surface area contributed by atoms with E-state index in [4.69, 9.17) is 14.3 Å². The van der Waals surface area contributed by atoms with Crippen LogP contribution in [-0.2, 0) is 17.6 Å². The molecular weight excluding hydrogens is 322 g/mol. The minimum atomic E-state index is -0.684. The third kappa shape index (κ3) is 3.39. The molecule has 1 aromatic heterocycles. The number of hydrogen-bond acceptors (Lipinski definition) is 5. The summed E-state index contributed by atoms with van der Waals surface area (Å²) in [5.74, 6) is 0.279. The number of ether oxygens (including phenoxy) is 1. The van der Waals surface area contributed by atoms with Crippen molar-refractivity contribution in [3.05, 3.63) is 39.2 Å². The van der Waals surface area contributed by atoms with Crippen molar-refractivity contribution in [3.8, 4) is 5.75 Å². The van der Waals surface area contributed by atoms with Gasteiger partial charge >= 0.3 is 5.63 Å². The van der Waals surface area contributed by atoms with Crippen molar-refractivity contribution in [2.24, 2.45) is 0 Å². The summed E-state index contributed by atoms with van der Waals surface area (Å²) in [6.07, 6.45) is 2.46. The Morgan fingerprint density at radius 1 is 1.36 bits per heavy atom. The molecule has 1 aromatic carbocycles. The van der Waals surface area contributed by atoms with Crippen LogP contribution < -0.4 is 15.7 Å². The molecule has 1 aliphatic rings. The van der Waals surface area contributed by atoms with Crippen molar-refractivity contribution in [1.82, 2.24) is 5.32 Å². The quantitative estimate of drug-likeness (QED) is 0.616. The smallest absolute Gasteiger partial charge is 0.339 e. The highest BCUT2D eigenvalue weighted by Gasteiger charge is 2.22. The first kappa shape index (κ1) is 17.5. The van der Waals surface area contributed by atoms with E-state index >= 15 is 0 Å². The van der Waals surface area contributed by atoms with Crippen LogP contribution >= 0.6 is 0 Å². The summed E-state index contributed by atoms with van der Waals surface area (Å²) in [4.78, 5) is 24.2. The van der Waals surface area contributed by atoms with Crippen molar-refractivity contribution in [1.29, 1.82) is 0 Å². The monoisotopic (exact) mass is 345 g/mol. The van der Waals surface area contributed by atoms with Gasteiger partial charge in [-0.25, -0.2) is 4.79 Å². The van der Waals surface area contributed by atoms with Crippen molar-refractivity contribution in [3.63, 3.8) is 0 Å². The summed E-state index contributed by atoms with van der Waals surface area (Å²) >= 11 is 0. The fourth-order valence-corrected chi connectivity index (χ4v) is 3.27. The molecular formula is C19H23NO5. The molecule has 3 rings (SSSR count). The molecule has 0 spiro atoms. The lowest BCUT2D eigenvalue weighted by atomic mass is 10.0. The molecule has 1 aliphatic carbocycles. The Kier molecular flexibility index (Phi) is 5.08. The first-order chi connectivity index (χ1) is 12.0. The Hall–Kier alpha value is -2.34. The number of carbonyl (C=O) groups excluding carboxylic acids is 1. The van der Waals surface area contributed by atoms with Gasteiger partial charge in [0.15, 0.2) is 6.10 Å². The molecule has 1 amide bonds. The number of rotatable bonds is 6. The second-order valence-electron chi connectivity index (χ2n) is 6.39. The molecule has 1 atom stereocenters. The predicted molar refractivity (Wildman–Crippen MR) is 94.0 cm³/mol. The van der Waals surface area contributed by atoms with Crippen molar-refractivity contribution in [2.45, 2.75) is 45.6 Å². The van der Waals surface area contributed by atoms with E-state index in [1.165, 1.54) is 0 Å². The number of fused-ring (bicyclic) bond motifs is 3. The van der Waals surface area contributed by atoms with Crippen LogP contribution in [0.15, 0.2) is 21.3 Å². The van der Waals surface area contributed by atoms with Crippen LogP contribution in [0.2, 0.25) is 0 Å². The van der Waals surface area contributed by atoms with Gasteiger partial charge in [-0.05, 0) is 57.2 Å². The van der Waals surface area contributed by atoms with Gasteiger partial charge in [0.2, 0.25) is 0 Å². The molecule has 6 nitrogen and oxygen atoms in total. The van der Waals surface area contributed by atoms with E-state index in [1.54, 1.807) is 6.92 Å². The molecule has 0 saturated heterocycles. The van der Waals surface area contributed by atoms with Crippen LogP contribution in [-0.4, -0.2) is 30.3 Å². The van der Waals surface area contributed by atoms with Crippen molar-refractivity contribution >= 4 is 16.9 Å². The second kappa shape index (κ2) is 7.27. The molecule has 2 N–H and O–H groups in total. The number of benzene rings is 1. The largest absolute Gasteiger partial charge is 0.480 e. The number of amides is 1. The first-order valence-electron chi connectivity index (χ1n) is 8.66. The zero-order chi connectivity index (χ0) is 18.0. The fourth-order valence-electron chi connectivity index (χ4n) is 3.27. The van der Waals surface area contributed by atoms with Crippen LogP contribution in [0.4, 0.5) is 0 Å². The molecule has 0 aliphatic heterocycles. The van der Waals surface area contributed by atoms with E-state index in [2.05, 4.69) is 5.32 Å². The average Bonchev–Trinajstić information content (AvgIpc) is 3.08. The molecule has 1 unspecified atom stereocenters. The zero-order valence-electron chi connectivity index (χ0n) is 14.6. The topological polar surface area (TPSA) is 88.8 Å². The lowest BCUT2D eigenvalue weighted by molar-refractivity contribution is -0.127. The highest BCUT2D eigenvalue weighted by Crippen LogP contribution is 2.33. The summed E-state index contributed by atoms with van der Waals surface area (Å²) < 4.78 is 11.3. The number of carbonyl (C=O) groups is 1. The minimum absolute atomic E-state index is 0.0304. The number of nitrogens with one attached hydrogen (secondary N) is 1. The molecule has 0 saturated carbocycles. The maximum atomic E-state index is 12.2. The summed E-state index contributed by atoms with van der Waals surface area (Å²) in [6.45, 7) is 3.93. The SMILES string of the molecule is Cc1c(OC(C)C(=O)NCCCO)ccc2c3c(c(=O)oc12)CCC3. The summed E-state index contributed by atoms with van der Waals surface area (Å²) in [6, 6.07) is 3.73. The summed E-state index contributed by atoms with van der Waals surface area (Å²) in [7, 11) is 0. The van der Waals surface area contributed by atoms with Crippen LogP contribution in [0, 0.1) is 6.92 Å². The van der Waals surface area contributed by atoms with E-state index in [1.807, 2.05) is 19.1 Å². The highest BCUT2D eigenvalue weighted by atomic mass is 16.5. The molecule has 0 bridgehead atoms. The van der Waals surface area contributed by atoms with Gasteiger partial charge in [0.25, 0.3) is 5.91 Å². The summed E-state index contributed by atoms with van der Waals surface area (Å²) in [5.41, 5.74) is 2.86. The third-order valence-corrected chi connectivity index (χ3v) is 4.65. The van der Waals surface area contributed by atoms with Crippen LogP contribution in [0.3, 0.4) is 0 Å². The van der Waals surface area contributed by atoms with Crippen molar-refractivity contribution in [2.75, 3.05) is 13.2 Å². The molecule has 134 valence electrons. The third-order valence-electron chi connectivity index (χ3n) is 4.65. The Balaban J connectivity index is 1.86. The maximum Gasteiger partial charge on any atom is 0.339 e. The van der Waals surface area contributed by atoms with Gasteiger partial charge in [-0.15, -0.1) is 0 Å². The highest BCUT2D eigenvalue weighted by molar-refractivity contribution is 5.86. The fraction of sp³-hybridized carbons (Fsp3) is 0.474. The predicted octanol–water partition coefficient (Wildman–Crippen LogP) is 1.86. The zero-order valence-corrected chi connectivity index (χ0v) is 14.6. The van der Waals surface area contributed by atoms with Gasteiger partial charge in [0, 0.05) is 29.7 Å².